The average Bonchev–Trinajstić information content (AvgIpc) is 3.02. The lowest BCUT2D eigenvalue weighted by Gasteiger charge is -2.32. The van der Waals surface area contributed by atoms with Crippen LogP contribution in [0.5, 0.6) is 0 Å². The van der Waals surface area contributed by atoms with Gasteiger partial charge in [0, 0.05) is 11.5 Å². The molecular weight excluding hydrogens is 307 g/mol. The third-order valence-corrected chi connectivity index (χ3v) is 4.76. The molecule has 1 unspecified atom stereocenters. The minimum atomic E-state index is 0.364. The van der Waals surface area contributed by atoms with Gasteiger partial charge in [0.05, 0.1) is 0 Å². The molecular formula is C20H22BN4. The summed E-state index contributed by atoms with van der Waals surface area (Å²) in [5, 5.41) is 7.59. The lowest BCUT2D eigenvalue weighted by atomic mass is 9.71. The monoisotopic (exact) mass is 329 g/mol. The molecule has 1 aromatic carbocycles. The van der Waals surface area contributed by atoms with E-state index in [0.717, 1.165) is 36.7 Å². The molecule has 1 aromatic heterocycles. The number of hydrogen-bond acceptors (Lipinski definition) is 3. The van der Waals surface area contributed by atoms with E-state index < -0.39 is 0 Å². The summed E-state index contributed by atoms with van der Waals surface area (Å²) in [5.41, 5.74) is 1.06. The SMILES string of the molecule is [B](C1C=CC=CC=C1)N1CCCC(c2nc(-c3ccccc3)n[nH]2)C1. The van der Waals surface area contributed by atoms with Crippen LogP contribution in [0.4, 0.5) is 0 Å². The summed E-state index contributed by atoms with van der Waals surface area (Å²) in [6.45, 7) is 2.11. The van der Waals surface area contributed by atoms with Gasteiger partial charge in [-0.05, 0) is 31.7 Å². The first kappa shape index (κ1) is 16.1. The fraction of sp³-hybridized carbons (Fsp3) is 0.300. The van der Waals surface area contributed by atoms with Crippen LogP contribution in [-0.4, -0.2) is 40.5 Å². The molecule has 2 aliphatic rings. The second-order valence-corrected chi connectivity index (χ2v) is 6.63. The molecule has 2 heterocycles. The van der Waals surface area contributed by atoms with Gasteiger partial charge in [0.2, 0.25) is 7.41 Å². The molecule has 2 aromatic rings. The second kappa shape index (κ2) is 7.66. The highest BCUT2D eigenvalue weighted by molar-refractivity contribution is 6.36. The topological polar surface area (TPSA) is 44.8 Å². The molecule has 0 amide bonds. The Labute approximate surface area is 149 Å². The number of benzene rings is 1. The fourth-order valence-electron chi connectivity index (χ4n) is 3.46. The molecule has 0 spiro atoms. The minimum Gasteiger partial charge on any atom is -0.345 e. The van der Waals surface area contributed by atoms with Gasteiger partial charge in [-0.25, -0.2) is 4.98 Å². The lowest BCUT2D eigenvalue weighted by Crippen LogP contribution is -2.38. The normalized spacial score (nSPS) is 21.4. The third-order valence-electron chi connectivity index (χ3n) is 4.76. The van der Waals surface area contributed by atoms with Crippen LogP contribution < -0.4 is 0 Å². The number of aromatic amines is 1. The maximum absolute atomic E-state index is 4.76. The summed E-state index contributed by atoms with van der Waals surface area (Å²) in [4.78, 5) is 7.19. The van der Waals surface area contributed by atoms with Crippen LogP contribution in [0.25, 0.3) is 11.4 Å². The maximum Gasteiger partial charge on any atom is 0.220 e. The molecule has 1 aliphatic heterocycles. The van der Waals surface area contributed by atoms with Crippen molar-refractivity contribution in [2.24, 2.45) is 0 Å². The van der Waals surface area contributed by atoms with Gasteiger partial charge in [-0.2, -0.15) is 5.10 Å². The van der Waals surface area contributed by atoms with Crippen molar-refractivity contribution >= 4 is 7.41 Å². The van der Waals surface area contributed by atoms with Crippen LogP contribution in [0.1, 0.15) is 24.6 Å². The maximum atomic E-state index is 4.76. The van der Waals surface area contributed by atoms with Crippen molar-refractivity contribution in [1.82, 2.24) is 20.0 Å². The van der Waals surface area contributed by atoms with Crippen molar-refractivity contribution in [1.29, 1.82) is 0 Å². The smallest absolute Gasteiger partial charge is 0.220 e. The summed E-state index contributed by atoms with van der Waals surface area (Å²) in [7, 11) is 2.33. The zero-order valence-corrected chi connectivity index (χ0v) is 14.3. The summed E-state index contributed by atoms with van der Waals surface area (Å²) in [6, 6.07) is 10.1. The number of aromatic nitrogens is 3. The van der Waals surface area contributed by atoms with Gasteiger partial charge in [0.15, 0.2) is 5.82 Å². The molecule has 0 bridgehead atoms. The van der Waals surface area contributed by atoms with Gasteiger partial charge in [-0.3, -0.25) is 5.10 Å². The highest BCUT2D eigenvalue weighted by Crippen LogP contribution is 2.27. The molecule has 125 valence electrons. The van der Waals surface area contributed by atoms with E-state index in [-0.39, 0.29) is 0 Å². The van der Waals surface area contributed by atoms with Gasteiger partial charge in [-0.1, -0.05) is 66.8 Å². The Morgan fingerprint density at radius 2 is 1.84 bits per heavy atom. The van der Waals surface area contributed by atoms with Gasteiger partial charge < -0.3 is 4.81 Å². The fourth-order valence-corrected chi connectivity index (χ4v) is 3.46. The molecule has 0 saturated carbocycles. The Balaban J connectivity index is 1.42. The molecule has 4 nitrogen and oxygen atoms in total. The molecule has 25 heavy (non-hydrogen) atoms. The number of nitrogens with zero attached hydrogens (tertiary/aromatic N) is 3. The summed E-state index contributed by atoms with van der Waals surface area (Å²) < 4.78 is 0. The molecule has 4 rings (SSSR count). The lowest BCUT2D eigenvalue weighted by molar-refractivity contribution is 0.316. The molecule has 1 fully saturated rings. The Hall–Kier alpha value is -2.40. The summed E-state index contributed by atoms with van der Waals surface area (Å²) in [5.74, 6) is 2.57. The van der Waals surface area contributed by atoms with Crippen LogP contribution in [0.15, 0.2) is 66.8 Å². The predicted molar refractivity (Wildman–Crippen MR) is 102 cm³/mol. The van der Waals surface area contributed by atoms with Crippen molar-refractivity contribution in [3.8, 4) is 11.4 Å². The van der Waals surface area contributed by atoms with Gasteiger partial charge in [0.25, 0.3) is 0 Å². The summed E-state index contributed by atoms with van der Waals surface area (Å²) in [6.07, 6.45) is 15.2. The van der Waals surface area contributed by atoms with Gasteiger partial charge in [0.1, 0.15) is 5.82 Å². The standard InChI is InChI=1S/C20H22BN4/c1-2-7-13-18(12-6-1)21-25-14-8-11-17(15-25)20-22-19(23-24-20)16-9-4-3-5-10-16/h1-7,9-10,12-13,17-18H,8,11,14-15H2,(H,22,23,24). The first-order valence-electron chi connectivity index (χ1n) is 8.97. The van der Waals surface area contributed by atoms with Crippen LogP contribution in [0, 0.1) is 0 Å². The molecule has 5 heteroatoms. The number of allylic oxidation sites excluding steroid dienone is 6. The summed E-state index contributed by atoms with van der Waals surface area (Å²) >= 11 is 0. The second-order valence-electron chi connectivity index (χ2n) is 6.63. The highest BCUT2D eigenvalue weighted by Gasteiger charge is 2.25. The number of nitrogens with one attached hydrogen (secondary N) is 1. The van der Waals surface area contributed by atoms with E-state index in [1.54, 1.807) is 0 Å². The first-order valence-corrected chi connectivity index (χ1v) is 8.97. The van der Waals surface area contributed by atoms with E-state index in [9.17, 15) is 0 Å². The van der Waals surface area contributed by atoms with Crippen molar-refractivity contribution in [2.45, 2.75) is 24.6 Å². The van der Waals surface area contributed by atoms with Gasteiger partial charge in [-0.15, -0.1) is 0 Å². The minimum absolute atomic E-state index is 0.364. The van der Waals surface area contributed by atoms with Crippen LogP contribution >= 0.6 is 0 Å². The van der Waals surface area contributed by atoms with Crippen molar-refractivity contribution < 1.29 is 0 Å². The van der Waals surface area contributed by atoms with E-state index >= 15 is 0 Å². The van der Waals surface area contributed by atoms with Crippen LogP contribution in [0.3, 0.4) is 0 Å². The zero-order valence-electron chi connectivity index (χ0n) is 14.3. The molecule has 1 N–H and O–H groups in total. The molecule has 1 atom stereocenters. The molecule has 1 saturated heterocycles. The quantitative estimate of drug-likeness (QED) is 0.869. The van der Waals surface area contributed by atoms with E-state index in [4.69, 9.17) is 4.98 Å². The number of hydrogen-bond donors (Lipinski definition) is 1. The molecule has 1 radical (unpaired) electrons. The first-order chi connectivity index (χ1) is 12.4. The van der Waals surface area contributed by atoms with Crippen LogP contribution in [0.2, 0.25) is 5.82 Å². The number of piperidine rings is 1. The van der Waals surface area contributed by atoms with Gasteiger partial charge >= 0.3 is 0 Å². The van der Waals surface area contributed by atoms with Crippen molar-refractivity contribution in [3.63, 3.8) is 0 Å². The highest BCUT2D eigenvalue weighted by atomic mass is 15.2. The van der Waals surface area contributed by atoms with E-state index in [0.29, 0.717) is 11.7 Å². The number of rotatable bonds is 4. The van der Waals surface area contributed by atoms with Crippen molar-refractivity contribution in [3.05, 3.63) is 72.6 Å². The Kier molecular flexibility index (Phi) is 4.93. The van der Waals surface area contributed by atoms with Crippen LogP contribution in [-0.2, 0) is 0 Å². The Bertz CT molecular complexity index is 762. The zero-order chi connectivity index (χ0) is 16.9. The number of H-pyrrole nitrogens is 1. The Morgan fingerprint density at radius 3 is 2.64 bits per heavy atom. The Morgan fingerprint density at radius 1 is 1.04 bits per heavy atom. The van der Waals surface area contributed by atoms with E-state index in [2.05, 4.69) is 58.9 Å². The largest absolute Gasteiger partial charge is 0.345 e. The van der Waals surface area contributed by atoms with E-state index in [1.165, 1.54) is 6.42 Å². The van der Waals surface area contributed by atoms with Crippen molar-refractivity contribution in [2.75, 3.05) is 13.1 Å². The third kappa shape index (κ3) is 3.99. The average molecular weight is 329 g/mol. The molecule has 1 aliphatic carbocycles. The van der Waals surface area contributed by atoms with E-state index in [1.807, 2.05) is 30.3 Å². The predicted octanol–water partition coefficient (Wildman–Crippen LogP) is 3.74.